The quantitative estimate of drug-likeness (QED) is 0.799. The predicted octanol–water partition coefficient (Wildman–Crippen LogP) is 1.77. The van der Waals surface area contributed by atoms with Gasteiger partial charge in [-0.2, -0.15) is 4.98 Å². The van der Waals surface area contributed by atoms with E-state index in [1.54, 1.807) is 6.07 Å². The normalized spacial score (nSPS) is 12.4. The third-order valence-corrected chi connectivity index (χ3v) is 2.10. The Bertz CT molecular complexity index is 331. The molecule has 16 heavy (non-hydrogen) atoms. The standard InChI is InChI=1S/C11H19N3O2/c1-4-8(3)16-11-6-9(12)13-10(14-11)7-15-5-2/h6,8H,4-5,7H2,1-3H3,(H2,12,13,14). The molecule has 1 atom stereocenters. The Kier molecular flexibility index (Phi) is 4.98. The largest absolute Gasteiger partial charge is 0.475 e. The summed E-state index contributed by atoms with van der Waals surface area (Å²) >= 11 is 0. The Labute approximate surface area is 96.0 Å². The van der Waals surface area contributed by atoms with Gasteiger partial charge in [0.2, 0.25) is 5.88 Å². The number of nitrogen functional groups attached to an aromatic ring is 1. The molecule has 0 amide bonds. The van der Waals surface area contributed by atoms with Crippen molar-refractivity contribution in [2.45, 2.75) is 39.9 Å². The molecule has 0 saturated heterocycles. The van der Waals surface area contributed by atoms with Gasteiger partial charge in [-0.1, -0.05) is 6.92 Å². The molecular weight excluding hydrogens is 206 g/mol. The molecule has 0 aliphatic carbocycles. The van der Waals surface area contributed by atoms with Crippen LogP contribution in [0.3, 0.4) is 0 Å². The molecule has 0 aromatic carbocycles. The summed E-state index contributed by atoms with van der Waals surface area (Å²) in [4.78, 5) is 8.29. The minimum Gasteiger partial charge on any atom is -0.475 e. The maximum atomic E-state index is 5.66. The van der Waals surface area contributed by atoms with E-state index >= 15 is 0 Å². The SMILES string of the molecule is CCOCc1nc(N)cc(OC(C)CC)n1. The first kappa shape index (κ1) is 12.7. The molecule has 2 N–H and O–H groups in total. The van der Waals surface area contributed by atoms with Gasteiger partial charge in [-0.05, 0) is 20.3 Å². The Balaban J connectivity index is 2.73. The van der Waals surface area contributed by atoms with Crippen LogP contribution in [0.2, 0.25) is 0 Å². The van der Waals surface area contributed by atoms with Crippen LogP contribution in [-0.4, -0.2) is 22.7 Å². The van der Waals surface area contributed by atoms with Crippen LogP contribution < -0.4 is 10.5 Å². The number of aromatic nitrogens is 2. The van der Waals surface area contributed by atoms with Gasteiger partial charge in [0.25, 0.3) is 0 Å². The first-order chi connectivity index (χ1) is 7.65. The van der Waals surface area contributed by atoms with Crippen LogP contribution in [-0.2, 0) is 11.3 Å². The van der Waals surface area contributed by atoms with Crippen LogP contribution in [0.5, 0.6) is 5.88 Å². The maximum absolute atomic E-state index is 5.66. The molecule has 5 heteroatoms. The number of nitrogens with zero attached hydrogens (tertiary/aromatic N) is 2. The molecule has 0 aliphatic heterocycles. The molecule has 0 aliphatic rings. The van der Waals surface area contributed by atoms with Gasteiger partial charge in [-0.3, -0.25) is 0 Å². The molecule has 1 unspecified atom stereocenters. The third-order valence-electron chi connectivity index (χ3n) is 2.10. The van der Waals surface area contributed by atoms with Crippen molar-refractivity contribution in [2.75, 3.05) is 12.3 Å². The molecule has 1 aromatic heterocycles. The van der Waals surface area contributed by atoms with E-state index in [1.165, 1.54) is 0 Å². The van der Waals surface area contributed by atoms with Crippen molar-refractivity contribution >= 4 is 5.82 Å². The van der Waals surface area contributed by atoms with E-state index in [2.05, 4.69) is 16.9 Å². The highest BCUT2D eigenvalue weighted by atomic mass is 16.5. The zero-order valence-electron chi connectivity index (χ0n) is 10.1. The fourth-order valence-electron chi connectivity index (χ4n) is 1.10. The van der Waals surface area contributed by atoms with Gasteiger partial charge < -0.3 is 15.2 Å². The van der Waals surface area contributed by atoms with Crippen LogP contribution >= 0.6 is 0 Å². The van der Waals surface area contributed by atoms with E-state index < -0.39 is 0 Å². The highest BCUT2D eigenvalue weighted by Crippen LogP contribution is 2.14. The van der Waals surface area contributed by atoms with Crippen molar-refractivity contribution in [1.29, 1.82) is 0 Å². The van der Waals surface area contributed by atoms with Gasteiger partial charge in [-0.15, -0.1) is 0 Å². The van der Waals surface area contributed by atoms with E-state index in [-0.39, 0.29) is 6.10 Å². The van der Waals surface area contributed by atoms with Gasteiger partial charge in [-0.25, -0.2) is 4.98 Å². The molecular formula is C11H19N3O2. The number of hydrogen-bond acceptors (Lipinski definition) is 5. The fourth-order valence-corrected chi connectivity index (χ4v) is 1.10. The molecule has 0 bridgehead atoms. The van der Waals surface area contributed by atoms with Crippen LogP contribution in [0.4, 0.5) is 5.82 Å². The monoisotopic (exact) mass is 225 g/mol. The molecule has 0 saturated carbocycles. The summed E-state index contributed by atoms with van der Waals surface area (Å²) < 4.78 is 10.8. The first-order valence-corrected chi connectivity index (χ1v) is 5.53. The van der Waals surface area contributed by atoms with Crippen LogP contribution in [0.25, 0.3) is 0 Å². The lowest BCUT2D eigenvalue weighted by atomic mass is 10.3. The van der Waals surface area contributed by atoms with Gasteiger partial charge in [0.15, 0.2) is 5.82 Å². The van der Waals surface area contributed by atoms with Crippen molar-refractivity contribution in [3.05, 3.63) is 11.9 Å². The second kappa shape index (κ2) is 6.27. The van der Waals surface area contributed by atoms with Gasteiger partial charge in [0.1, 0.15) is 12.4 Å². The predicted molar refractivity (Wildman–Crippen MR) is 62.2 cm³/mol. The van der Waals surface area contributed by atoms with E-state index in [9.17, 15) is 0 Å². The molecule has 1 heterocycles. The lowest BCUT2D eigenvalue weighted by Gasteiger charge is -2.12. The van der Waals surface area contributed by atoms with Gasteiger partial charge in [0.05, 0.1) is 6.10 Å². The second-order valence-corrected chi connectivity index (χ2v) is 3.52. The summed E-state index contributed by atoms with van der Waals surface area (Å²) in [5, 5.41) is 0. The molecule has 90 valence electrons. The smallest absolute Gasteiger partial charge is 0.219 e. The van der Waals surface area contributed by atoms with Crippen molar-refractivity contribution in [3.63, 3.8) is 0 Å². The minimum absolute atomic E-state index is 0.120. The average molecular weight is 225 g/mol. The Morgan fingerprint density at radius 1 is 1.38 bits per heavy atom. The zero-order chi connectivity index (χ0) is 12.0. The Hall–Kier alpha value is -1.36. The molecule has 1 aromatic rings. The van der Waals surface area contributed by atoms with E-state index in [0.29, 0.717) is 30.7 Å². The highest BCUT2D eigenvalue weighted by molar-refractivity contribution is 5.32. The lowest BCUT2D eigenvalue weighted by Crippen LogP contribution is -2.12. The number of hydrogen-bond donors (Lipinski definition) is 1. The number of ether oxygens (including phenoxy) is 2. The summed E-state index contributed by atoms with van der Waals surface area (Å²) in [5.74, 6) is 1.47. The van der Waals surface area contributed by atoms with Crippen molar-refractivity contribution in [2.24, 2.45) is 0 Å². The molecule has 0 spiro atoms. The molecule has 0 fully saturated rings. The third kappa shape index (κ3) is 4.02. The van der Waals surface area contributed by atoms with E-state index in [4.69, 9.17) is 15.2 Å². The number of rotatable bonds is 6. The van der Waals surface area contributed by atoms with E-state index in [0.717, 1.165) is 6.42 Å². The summed E-state index contributed by atoms with van der Waals surface area (Å²) in [6.07, 6.45) is 1.04. The van der Waals surface area contributed by atoms with Crippen molar-refractivity contribution < 1.29 is 9.47 Å². The summed E-state index contributed by atoms with van der Waals surface area (Å²) in [5.41, 5.74) is 5.66. The van der Waals surface area contributed by atoms with Gasteiger partial charge >= 0.3 is 0 Å². The Morgan fingerprint density at radius 3 is 2.75 bits per heavy atom. The zero-order valence-corrected chi connectivity index (χ0v) is 10.1. The maximum Gasteiger partial charge on any atom is 0.219 e. The highest BCUT2D eigenvalue weighted by Gasteiger charge is 2.06. The van der Waals surface area contributed by atoms with Crippen LogP contribution in [0.1, 0.15) is 33.0 Å². The lowest BCUT2D eigenvalue weighted by molar-refractivity contribution is 0.126. The topological polar surface area (TPSA) is 70.3 Å². The Morgan fingerprint density at radius 2 is 2.12 bits per heavy atom. The summed E-state index contributed by atoms with van der Waals surface area (Å²) in [7, 11) is 0. The van der Waals surface area contributed by atoms with Gasteiger partial charge in [0, 0.05) is 12.7 Å². The molecule has 1 rings (SSSR count). The summed E-state index contributed by atoms with van der Waals surface area (Å²) in [6, 6.07) is 1.63. The summed E-state index contributed by atoms with van der Waals surface area (Å²) in [6.45, 7) is 6.94. The number of nitrogens with two attached hydrogens (primary N) is 1. The second-order valence-electron chi connectivity index (χ2n) is 3.52. The first-order valence-electron chi connectivity index (χ1n) is 5.53. The number of anilines is 1. The minimum atomic E-state index is 0.120. The van der Waals surface area contributed by atoms with Crippen molar-refractivity contribution in [3.8, 4) is 5.88 Å². The van der Waals surface area contributed by atoms with E-state index in [1.807, 2.05) is 13.8 Å². The average Bonchev–Trinajstić information content (AvgIpc) is 2.25. The van der Waals surface area contributed by atoms with Crippen LogP contribution in [0, 0.1) is 0 Å². The van der Waals surface area contributed by atoms with Crippen molar-refractivity contribution in [1.82, 2.24) is 9.97 Å². The fraction of sp³-hybridized carbons (Fsp3) is 0.636. The molecule has 5 nitrogen and oxygen atoms in total. The van der Waals surface area contributed by atoms with Crippen LogP contribution in [0.15, 0.2) is 6.07 Å². The molecule has 0 radical (unpaired) electrons.